The predicted octanol–water partition coefficient (Wildman–Crippen LogP) is 11.9. The molecular weight excluding hydrogens is 621 g/mol. The molecule has 3 heterocycles. The van der Waals surface area contributed by atoms with Crippen molar-refractivity contribution in [1.29, 1.82) is 0 Å². The normalized spacial score (nSPS) is 11.5. The minimum absolute atomic E-state index is 0.681. The molecule has 0 aliphatic carbocycles. The molecule has 0 bridgehead atoms. The molecule has 3 aromatic heterocycles. The van der Waals surface area contributed by atoms with Crippen molar-refractivity contribution in [3.05, 3.63) is 182 Å². The molecule has 7 aromatic carbocycles. The van der Waals surface area contributed by atoms with Gasteiger partial charge in [-0.1, -0.05) is 152 Å². The number of rotatable bonds is 5. The molecule has 4 nitrogen and oxygen atoms in total. The second-order valence-electron chi connectivity index (χ2n) is 12.8. The Bertz CT molecular complexity index is 2840. The zero-order valence-electron chi connectivity index (χ0n) is 27.6. The first-order valence-corrected chi connectivity index (χ1v) is 17.2. The van der Waals surface area contributed by atoms with Gasteiger partial charge in [0.05, 0.1) is 33.6 Å². The molecule has 51 heavy (non-hydrogen) atoms. The number of fused-ring (bicyclic) bond motifs is 7. The third-order valence-electron chi connectivity index (χ3n) is 9.77. The molecule has 0 radical (unpaired) electrons. The first-order chi connectivity index (χ1) is 25.3. The van der Waals surface area contributed by atoms with Crippen molar-refractivity contribution in [1.82, 2.24) is 19.5 Å². The van der Waals surface area contributed by atoms with Crippen LogP contribution in [0.1, 0.15) is 0 Å². The van der Waals surface area contributed by atoms with Crippen molar-refractivity contribution in [3.8, 4) is 50.8 Å². The van der Waals surface area contributed by atoms with Crippen molar-refractivity contribution in [2.24, 2.45) is 0 Å². The Labute approximate surface area is 295 Å². The largest absolute Gasteiger partial charge is 0.309 e. The molecule has 238 valence electrons. The summed E-state index contributed by atoms with van der Waals surface area (Å²) in [6.45, 7) is 0. The third-order valence-corrected chi connectivity index (χ3v) is 9.77. The van der Waals surface area contributed by atoms with Crippen LogP contribution in [-0.4, -0.2) is 19.5 Å². The summed E-state index contributed by atoms with van der Waals surface area (Å²) in [5.41, 5.74) is 11.2. The summed E-state index contributed by atoms with van der Waals surface area (Å²) < 4.78 is 2.40. The van der Waals surface area contributed by atoms with Gasteiger partial charge in [-0.05, 0) is 35.7 Å². The van der Waals surface area contributed by atoms with Crippen LogP contribution in [0, 0.1) is 0 Å². The van der Waals surface area contributed by atoms with Gasteiger partial charge in [0, 0.05) is 49.5 Å². The minimum Gasteiger partial charge on any atom is -0.309 e. The lowest BCUT2D eigenvalue weighted by Crippen LogP contribution is -1.99. The van der Waals surface area contributed by atoms with Crippen LogP contribution in [0.5, 0.6) is 0 Å². The van der Waals surface area contributed by atoms with Crippen LogP contribution in [0.4, 0.5) is 0 Å². The van der Waals surface area contributed by atoms with Gasteiger partial charge in [0.2, 0.25) is 0 Å². The smallest absolute Gasteiger partial charge is 0.160 e. The zero-order chi connectivity index (χ0) is 33.7. The Morgan fingerprint density at radius 3 is 1.65 bits per heavy atom. The fourth-order valence-electron chi connectivity index (χ4n) is 7.44. The Kier molecular flexibility index (Phi) is 6.78. The van der Waals surface area contributed by atoms with Crippen LogP contribution < -0.4 is 0 Å². The van der Waals surface area contributed by atoms with Crippen molar-refractivity contribution in [2.75, 3.05) is 0 Å². The molecule has 0 saturated carbocycles. The summed E-state index contributed by atoms with van der Waals surface area (Å²) in [7, 11) is 0. The van der Waals surface area contributed by atoms with Gasteiger partial charge in [0.15, 0.2) is 5.82 Å². The van der Waals surface area contributed by atoms with Gasteiger partial charge >= 0.3 is 0 Å². The Balaban J connectivity index is 1.27. The number of para-hydroxylation sites is 2. The quantitative estimate of drug-likeness (QED) is 0.174. The van der Waals surface area contributed by atoms with Gasteiger partial charge in [0.25, 0.3) is 0 Å². The van der Waals surface area contributed by atoms with Crippen molar-refractivity contribution in [3.63, 3.8) is 0 Å². The lowest BCUT2D eigenvalue weighted by molar-refractivity contribution is 1.16. The molecule has 0 fully saturated rings. The third kappa shape index (κ3) is 4.88. The number of benzene rings is 7. The van der Waals surface area contributed by atoms with Crippen molar-refractivity contribution >= 4 is 43.5 Å². The van der Waals surface area contributed by atoms with Gasteiger partial charge in [0.1, 0.15) is 0 Å². The highest BCUT2D eigenvalue weighted by Gasteiger charge is 2.21. The summed E-state index contributed by atoms with van der Waals surface area (Å²) in [6, 6.07) is 63.6. The maximum Gasteiger partial charge on any atom is 0.160 e. The number of hydrogen-bond donors (Lipinski definition) is 0. The first kappa shape index (κ1) is 29.0. The van der Waals surface area contributed by atoms with Gasteiger partial charge in [-0.15, -0.1) is 0 Å². The van der Waals surface area contributed by atoms with Gasteiger partial charge in [-0.3, -0.25) is 0 Å². The Morgan fingerprint density at radius 2 is 0.941 bits per heavy atom. The summed E-state index contributed by atoms with van der Waals surface area (Å²) >= 11 is 0. The van der Waals surface area contributed by atoms with Crippen LogP contribution >= 0.6 is 0 Å². The number of aromatic nitrogens is 4. The summed E-state index contributed by atoms with van der Waals surface area (Å²) in [4.78, 5) is 15.6. The van der Waals surface area contributed by atoms with Gasteiger partial charge in [-0.25, -0.2) is 15.0 Å². The predicted molar refractivity (Wildman–Crippen MR) is 211 cm³/mol. The molecule has 0 aliphatic rings. The molecule has 0 unspecified atom stereocenters. The highest BCUT2D eigenvalue weighted by atomic mass is 15.0. The van der Waals surface area contributed by atoms with Crippen molar-refractivity contribution < 1.29 is 0 Å². The standard InChI is InChI=1S/C47H30N4/c1-4-15-31(16-5-1)41-30-42(32-17-6-2-7-18-32)50-47(49-41)34-21-14-22-35(29-34)51-43-26-13-11-24-37(43)39-28-27-38-36-23-10-12-25-40(36)48-45(44(38)46(39)51)33-19-8-3-9-20-33/h1-30H. The molecule has 10 aromatic rings. The van der Waals surface area contributed by atoms with E-state index in [0.717, 1.165) is 72.3 Å². The monoisotopic (exact) mass is 650 g/mol. The van der Waals surface area contributed by atoms with E-state index < -0.39 is 0 Å². The highest BCUT2D eigenvalue weighted by molar-refractivity contribution is 6.25. The minimum atomic E-state index is 0.681. The maximum atomic E-state index is 5.34. The van der Waals surface area contributed by atoms with E-state index in [1.54, 1.807) is 0 Å². The Hall–Kier alpha value is -6.91. The molecule has 0 atom stereocenters. The van der Waals surface area contributed by atoms with Crippen LogP contribution in [-0.2, 0) is 0 Å². The SMILES string of the molecule is c1ccc(-c2cc(-c3ccccc3)nc(-c3cccc(-n4c5ccccc5c5ccc6c7ccccc7nc(-c7ccccc7)c6c54)c3)n2)cc1. The molecular formula is C47H30N4. The molecule has 0 N–H and O–H groups in total. The fourth-order valence-corrected chi connectivity index (χ4v) is 7.44. The lowest BCUT2D eigenvalue weighted by Gasteiger charge is -2.15. The van der Waals surface area contributed by atoms with E-state index in [2.05, 4.69) is 150 Å². The van der Waals surface area contributed by atoms with E-state index in [1.807, 2.05) is 36.4 Å². The van der Waals surface area contributed by atoms with Gasteiger partial charge in [-0.2, -0.15) is 0 Å². The van der Waals surface area contributed by atoms with Crippen LogP contribution in [0.3, 0.4) is 0 Å². The number of pyridine rings is 1. The zero-order valence-corrected chi connectivity index (χ0v) is 27.6. The summed E-state index contributed by atoms with van der Waals surface area (Å²) in [5.74, 6) is 0.681. The van der Waals surface area contributed by atoms with Crippen LogP contribution in [0.2, 0.25) is 0 Å². The van der Waals surface area contributed by atoms with Gasteiger partial charge < -0.3 is 4.57 Å². The molecule has 0 aliphatic heterocycles. The maximum absolute atomic E-state index is 5.34. The van der Waals surface area contributed by atoms with E-state index in [0.29, 0.717) is 5.82 Å². The second kappa shape index (κ2) is 11.9. The van der Waals surface area contributed by atoms with Crippen LogP contribution in [0.25, 0.3) is 94.3 Å². The first-order valence-electron chi connectivity index (χ1n) is 17.2. The van der Waals surface area contributed by atoms with E-state index in [1.165, 1.54) is 16.2 Å². The van der Waals surface area contributed by atoms with E-state index >= 15 is 0 Å². The van der Waals surface area contributed by atoms with Crippen LogP contribution in [0.15, 0.2) is 182 Å². The highest BCUT2D eigenvalue weighted by Crippen LogP contribution is 2.42. The lowest BCUT2D eigenvalue weighted by atomic mass is 9.97. The fraction of sp³-hybridized carbons (Fsp3) is 0. The molecule has 4 heteroatoms. The number of hydrogen-bond acceptors (Lipinski definition) is 3. The topological polar surface area (TPSA) is 43.6 Å². The average molecular weight is 651 g/mol. The summed E-state index contributed by atoms with van der Waals surface area (Å²) in [6.07, 6.45) is 0. The molecule has 10 rings (SSSR count). The van der Waals surface area contributed by atoms with E-state index in [4.69, 9.17) is 15.0 Å². The Morgan fingerprint density at radius 1 is 0.373 bits per heavy atom. The molecule has 0 spiro atoms. The molecule has 0 amide bonds. The van der Waals surface area contributed by atoms with E-state index in [9.17, 15) is 0 Å². The average Bonchev–Trinajstić information content (AvgIpc) is 3.56. The number of nitrogens with zero attached hydrogens (tertiary/aromatic N) is 4. The van der Waals surface area contributed by atoms with E-state index in [-0.39, 0.29) is 0 Å². The summed E-state index contributed by atoms with van der Waals surface area (Å²) in [5, 5.41) is 5.83. The van der Waals surface area contributed by atoms with Crippen molar-refractivity contribution in [2.45, 2.75) is 0 Å². The molecule has 0 saturated heterocycles. The second-order valence-corrected chi connectivity index (χ2v) is 12.8.